The van der Waals surface area contributed by atoms with Gasteiger partial charge in [-0.05, 0) is 62.6 Å². The summed E-state index contributed by atoms with van der Waals surface area (Å²) in [6.45, 7) is 4.31. The molecule has 0 aliphatic carbocycles. The van der Waals surface area contributed by atoms with E-state index in [1.807, 2.05) is 37.3 Å². The highest BCUT2D eigenvalue weighted by Gasteiger charge is 2.26. The van der Waals surface area contributed by atoms with Crippen LogP contribution < -0.4 is 0 Å². The van der Waals surface area contributed by atoms with Crippen molar-refractivity contribution in [3.05, 3.63) is 77.2 Å². The summed E-state index contributed by atoms with van der Waals surface area (Å²) in [7, 11) is 1.36. The fraction of sp³-hybridized carbons (Fsp3) is 0.370. The second kappa shape index (κ2) is 10.6. The first-order valence-corrected chi connectivity index (χ1v) is 11.5. The van der Waals surface area contributed by atoms with Crippen molar-refractivity contribution in [2.24, 2.45) is 5.92 Å². The predicted octanol–water partition coefficient (Wildman–Crippen LogP) is 4.85. The van der Waals surface area contributed by atoms with E-state index < -0.39 is 0 Å². The second-order valence-electron chi connectivity index (χ2n) is 8.62. The maximum absolute atomic E-state index is 12.8. The number of piperidine rings is 1. The normalized spacial score (nSPS) is 16.5. The summed E-state index contributed by atoms with van der Waals surface area (Å²) < 4.78 is 10.7. The van der Waals surface area contributed by atoms with E-state index in [1.54, 1.807) is 12.1 Å². The number of hydrogen-bond donors (Lipinski definition) is 0. The summed E-state index contributed by atoms with van der Waals surface area (Å²) in [4.78, 5) is 31.5. The molecule has 6 nitrogen and oxygen atoms in total. The van der Waals surface area contributed by atoms with Gasteiger partial charge in [-0.1, -0.05) is 30.3 Å². The Kier molecular flexibility index (Phi) is 7.35. The molecule has 0 radical (unpaired) electrons. The van der Waals surface area contributed by atoms with Gasteiger partial charge < -0.3 is 9.15 Å². The molecule has 0 bridgehead atoms. The zero-order valence-corrected chi connectivity index (χ0v) is 19.3. The van der Waals surface area contributed by atoms with E-state index in [9.17, 15) is 9.59 Å². The smallest absolute Gasteiger partial charge is 0.337 e. The lowest BCUT2D eigenvalue weighted by Gasteiger charge is -2.31. The number of carbonyl (C=O) groups excluding carboxylic acids is 2. The van der Waals surface area contributed by atoms with Crippen molar-refractivity contribution in [3.63, 3.8) is 0 Å². The first kappa shape index (κ1) is 22.9. The van der Waals surface area contributed by atoms with E-state index in [2.05, 4.69) is 17.0 Å². The first-order chi connectivity index (χ1) is 16.0. The number of aromatic nitrogens is 1. The zero-order valence-electron chi connectivity index (χ0n) is 19.3. The van der Waals surface area contributed by atoms with Crippen LogP contribution in [0.5, 0.6) is 0 Å². The maximum Gasteiger partial charge on any atom is 0.337 e. The summed E-state index contributed by atoms with van der Waals surface area (Å²) in [5.41, 5.74) is 3.40. The summed E-state index contributed by atoms with van der Waals surface area (Å²) >= 11 is 0. The molecule has 0 N–H and O–H groups in total. The molecule has 6 heteroatoms. The first-order valence-electron chi connectivity index (χ1n) is 11.5. The molecule has 2 heterocycles. The SMILES string of the molecule is COC(=O)c1ccc(-c2nc(CN3CCC[C@H](C(=O)CCc4ccccc4)C3)c(C)o2)cc1. The van der Waals surface area contributed by atoms with Crippen LogP contribution in [-0.4, -0.2) is 41.8 Å². The molecule has 33 heavy (non-hydrogen) atoms. The number of esters is 1. The number of nitrogens with zero attached hydrogens (tertiary/aromatic N) is 2. The summed E-state index contributed by atoms with van der Waals surface area (Å²) in [6, 6.07) is 17.2. The molecule has 0 unspecified atom stereocenters. The monoisotopic (exact) mass is 446 g/mol. The lowest BCUT2D eigenvalue weighted by molar-refractivity contribution is -0.124. The van der Waals surface area contributed by atoms with Crippen LogP contribution in [0.25, 0.3) is 11.5 Å². The number of likely N-dealkylation sites (tertiary alicyclic amines) is 1. The van der Waals surface area contributed by atoms with Gasteiger partial charge in [-0.25, -0.2) is 9.78 Å². The van der Waals surface area contributed by atoms with E-state index in [1.165, 1.54) is 12.7 Å². The number of Topliss-reactive ketones (excluding diaryl/α,β-unsaturated/α-hetero) is 1. The Bertz CT molecular complexity index is 1090. The zero-order chi connectivity index (χ0) is 23.2. The third-order valence-electron chi connectivity index (χ3n) is 6.28. The lowest BCUT2D eigenvalue weighted by Crippen LogP contribution is -2.38. The van der Waals surface area contributed by atoms with Crippen LogP contribution in [0.15, 0.2) is 59.0 Å². The standard InChI is InChI=1S/C27H30N2O4/c1-19-24(28-26(33-19)21-11-13-22(14-12-21)27(31)32-2)18-29-16-6-9-23(17-29)25(30)15-10-20-7-4-3-5-8-20/h3-5,7-8,11-14,23H,6,9-10,15-18H2,1-2H3/t23-/m0/s1. The van der Waals surface area contributed by atoms with Gasteiger partial charge in [0.25, 0.3) is 0 Å². The highest BCUT2D eigenvalue weighted by molar-refractivity contribution is 5.89. The van der Waals surface area contributed by atoms with Crippen molar-refractivity contribution in [1.82, 2.24) is 9.88 Å². The number of hydrogen-bond acceptors (Lipinski definition) is 6. The highest BCUT2D eigenvalue weighted by atomic mass is 16.5. The Morgan fingerprint density at radius 3 is 2.61 bits per heavy atom. The van der Waals surface area contributed by atoms with Crippen LogP contribution in [0.3, 0.4) is 0 Å². The van der Waals surface area contributed by atoms with E-state index in [-0.39, 0.29) is 11.9 Å². The minimum absolute atomic E-state index is 0.0833. The molecule has 1 fully saturated rings. The fourth-order valence-electron chi connectivity index (χ4n) is 4.36. The van der Waals surface area contributed by atoms with E-state index in [0.29, 0.717) is 30.2 Å². The Morgan fingerprint density at radius 2 is 1.88 bits per heavy atom. The Labute approximate surface area is 194 Å². The van der Waals surface area contributed by atoms with Gasteiger partial charge in [0.15, 0.2) is 0 Å². The lowest BCUT2D eigenvalue weighted by atomic mass is 9.90. The van der Waals surface area contributed by atoms with Gasteiger partial charge in [0.1, 0.15) is 11.5 Å². The van der Waals surface area contributed by atoms with Gasteiger partial charge in [-0.2, -0.15) is 0 Å². The van der Waals surface area contributed by atoms with Crippen molar-refractivity contribution in [2.45, 2.75) is 39.2 Å². The number of carbonyl (C=O) groups is 2. The van der Waals surface area contributed by atoms with Crippen LogP contribution in [-0.2, 0) is 22.5 Å². The predicted molar refractivity (Wildman–Crippen MR) is 126 cm³/mol. The van der Waals surface area contributed by atoms with Crippen molar-refractivity contribution in [2.75, 3.05) is 20.2 Å². The fourth-order valence-corrected chi connectivity index (χ4v) is 4.36. The Hall–Kier alpha value is -3.25. The highest BCUT2D eigenvalue weighted by Crippen LogP contribution is 2.26. The molecule has 1 saturated heterocycles. The van der Waals surface area contributed by atoms with Crippen molar-refractivity contribution < 1.29 is 18.7 Å². The largest absolute Gasteiger partial charge is 0.465 e. The Morgan fingerprint density at radius 1 is 1.12 bits per heavy atom. The average molecular weight is 447 g/mol. The molecule has 1 atom stereocenters. The summed E-state index contributed by atoms with van der Waals surface area (Å²) in [6.07, 6.45) is 3.37. The number of aryl methyl sites for hydroxylation is 2. The molecule has 1 aromatic heterocycles. The van der Waals surface area contributed by atoms with E-state index in [4.69, 9.17) is 14.1 Å². The van der Waals surface area contributed by atoms with Crippen LogP contribution in [0.4, 0.5) is 0 Å². The minimum atomic E-state index is -0.371. The van der Waals surface area contributed by atoms with Gasteiger partial charge in [-0.15, -0.1) is 0 Å². The molecule has 172 valence electrons. The van der Waals surface area contributed by atoms with Gasteiger partial charge >= 0.3 is 5.97 Å². The van der Waals surface area contributed by atoms with Crippen molar-refractivity contribution in [1.29, 1.82) is 0 Å². The van der Waals surface area contributed by atoms with Gasteiger partial charge in [0.2, 0.25) is 5.89 Å². The molecule has 4 rings (SSSR count). The third-order valence-corrected chi connectivity index (χ3v) is 6.28. The van der Waals surface area contributed by atoms with Gasteiger partial charge in [0, 0.05) is 31.0 Å². The molecule has 3 aromatic rings. The molecule has 0 saturated carbocycles. The maximum atomic E-state index is 12.8. The average Bonchev–Trinajstić information content (AvgIpc) is 3.22. The number of benzene rings is 2. The van der Waals surface area contributed by atoms with Crippen LogP contribution in [0, 0.1) is 12.8 Å². The third kappa shape index (κ3) is 5.76. The topological polar surface area (TPSA) is 72.6 Å². The van der Waals surface area contributed by atoms with E-state index >= 15 is 0 Å². The van der Waals surface area contributed by atoms with Gasteiger partial charge in [-0.3, -0.25) is 9.69 Å². The van der Waals surface area contributed by atoms with Crippen molar-refractivity contribution >= 4 is 11.8 Å². The minimum Gasteiger partial charge on any atom is -0.465 e. The molecule has 0 amide bonds. The van der Waals surface area contributed by atoms with Crippen LogP contribution in [0.1, 0.15) is 46.6 Å². The number of ether oxygens (including phenoxy) is 1. The quantitative estimate of drug-likeness (QED) is 0.461. The molecular formula is C27H30N2O4. The van der Waals surface area contributed by atoms with Crippen LogP contribution in [0.2, 0.25) is 0 Å². The molecule has 0 spiro atoms. The molecular weight excluding hydrogens is 416 g/mol. The van der Waals surface area contributed by atoms with E-state index in [0.717, 1.165) is 49.4 Å². The number of oxazole rings is 1. The number of rotatable bonds is 8. The molecule has 1 aliphatic heterocycles. The number of methoxy groups -OCH3 is 1. The summed E-state index contributed by atoms with van der Waals surface area (Å²) in [5, 5.41) is 0. The number of ketones is 1. The Balaban J connectivity index is 1.36. The second-order valence-corrected chi connectivity index (χ2v) is 8.62. The van der Waals surface area contributed by atoms with Crippen LogP contribution >= 0.6 is 0 Å². The molecule has 2 aromatic carbocycles. The van der Waals surface area contributed by atoms with Crippen molar-refractivity contribution in [3.8, 4) is 11.5 Å². The summed E-state index contributed by atoms with van der Waals surface area (Å²) in [5.74, 6) is 1.38. The molecule has 1 aliphatic rings. The van der Waals surface area contributed by atoms with Gasteiger partial charge in [0.05, 0.1) is 18.4 Å².